The number of nitrogens with two attached hydrogens (primary N) is 1. The second-order valence-corrected chi connectivity index (χ2v) is 4.88. The van der Waals surface area contributed by atoms with Crippen LogP contribution in [-0.4, -0.2) is 5.78 Å². The van der Waals surface area contributed by atoms with Gasteiger partial charge in [-0.15, -0.1) is 0 Å². The average molecular weight is 301 g/mol. The first kappa shape index (κ1) is 13.2. The molecule has 2 aromatic carbocycles. The van der Waals surface area contributed by atoms with Gasteiger partial charge in [0.1, 0.15) is 0 Å². The largest absolute Gasteiger partial charge is 0.397 e. The lowest BCUT2D eigenvalue weighted by molar-refractivity contribution is 0.103. The van der Waals surface area contributed by atoms with Crippen LogP contribution in [0.3, 0.4) is 0 Å². The molecule has 5 heteroatoms. The average Bonchev–Trinajstić information content (AvgIpc) is 2.35. The SMILES string of the molecule is Nc1c(Cl)cccc1C(=O)c1ccc(Cl)c(Cl)c1. The Kier molecular flexibility index (Phi) is 3.81. The summed E-state index contributed by atoms with van der Waals surface area (Å²) in [7, 11) is 0. The second kappa shape index (κ2) is 5.19. The van der Waals surface area contributed by atoms with E-state index in [4.69, 9.17) is 40.5 Å². The van der Waals surface area contributed by atoms with E-state index in [0.717, 1.165) is 0 Å². The summed E-state index contributed by atoms with van der Waals surface area (Å²) in [4.78, 5) is 12.2. The molecule has 2 rings (SSSR count). The van der Waals surface area contributed by atoms with Crippen molar-refractivity contribution in [3.63, 3.8) is 0 Å². The maximum absolute atomic E-state index is 12.2. The van der Waals surface area contributed by atoms with Gasteiger partial charge >= 0.3 is 0 Å². The first-order valence-electron chi connectivity index (χ1n) is 5.04. The standard InChI is InChI=1S/C13H8Cl3NO/c14-9-5-4-7(6-11(9)16)13(18)8-2-1-3-10(15)12(8)17/h1-6H,17H2. The number of benzene rings is 2. The lowest BCUT2D eigenvalue weighted by Gasteiger charge is -2.07. The van der Waals surface area contributed by atoms with Crippen molar-refractivity contribution >= 4 is 46.3 Å². The third kappa shape index (κ3) is 2.46. The molecule has 2 N–H and O–H groups in total. The number of rotatable bonds is 2. The first-order chi connectivity index (χ1) is 8.50. The number of nitrogen functional groups attached to an aromatic ring is 1. The topological polar surface area (TPSA) is 43.1 Å². The number of hydrogen-bond acceptors (Lipinski definition) is 2. The Morgan fingerprint density at radius 1 is 0.944 bits per heavy atom. The third-order valence-corrected chi connectivity index (χ3v) is 3.55. The van der Waals surface area contributed by atoms with Gasteiger partial charge in [-0.3, -0.25) is 4.79 Å². The maximum Gasteiger partial charge on any atom is 0.195 e. The van der Waals surface area contributed by atoms with Gasteiger partial charge in [-0.25, -0.2) is 0 Å². The van der Waals surface area contributed by atoms with Gasteiger partial charge in [-0.05, 0) is 30.3 Å². The molecule has 0 saturated heterocycles. The van der Waals surface area contributed by atoms with Crippen LogP contribution >= 0.6 is 34.8 Å². The Balaban J connectivity index is 2.48. The van der Waals surface area contributed by atoms with Gasteiger partial charge in [0.05, 0.1) is 20.8 Å². The van der Waals surface area contributed by atoms with Gasteiger partial charge in [0.15, 0.2) is 5.78 Å². The van der Waals surface area contributed by atoms with E-state index in [2.05, 4.69) is 0 Å². The van der Waals surface area contributed by atoms with Gasteiger partial charge in [-0.2, -0.15) is 0 Å². The van der Waals surface area contributed by atoms with Gasteiger partial charge < -0.3 is 5.73 Å². The fourth-order valence-corrected chi connectivity index (χ4v) is 2.00. The summed E-state index contributed by atoms with van der Waals surface area (Å²) in [6.07, 6.45) is 0. The maximum atomic E-state index is 12.2. The van der Waals surface area contributed by atoms with Crippen LogP contribution < -0.4 is 5.73 Å². The molecule has 0 radical (unpaired) electrons. The minimum absolute atomic E-state index is 0.242. The monoisotopic (exact) mass is 299 g/mol. The fraction of sp³-hybridized carbons (Fsp3) is 0. The molecular formula is C13H8Cl3NO. The molecular weight excluding hydrogens is 293 g/mol. The van der Waals surface area contributed by atoms with Crippen LogP contribution in [0.1, 0.15) is 15.9 Å². The quantitative estimate of drug-likeness (QED) is 0.657. The van der Waals surface area contributed by atoms with Crippen molar-refractivity contribution < 1.29 is 4.79 Å². The van der Waals surface area contributed by atoms with Gasteiger partial charge in [-0.1, -0.05) is 40.9 Å². The number of hydrogen-bond donors (Lipinski definition) is 1. The smallest absolute Gasteiger partial charge is 0.195 e. The van der Waals surface area contributed by atoms with Crippen LogP contribution in [0.4, 0.5) is 5.69 Å². The Bertz CT molecular complexity index is 626. The Morgan fingerprint density at radius 3 is 2.33 bits per heavy atom. The third-order valence-electron chi connectivity index (χ3n) is 2.48. The lowest BCUT2D eigenvalue weighted by Crippen LogP contribution is -2.05. The predicted octanol–water partition coefficient (Wildman–Crippen LogP) is 4.46. The highest BCUT2D eigenvalue weighted by Crippen LogP contribution is 2.27. The molecule has 0 fully saturated rings. The summed E-state index contributed by atoms with van der Waals surface area (Å²) in [6, 6.07) is 9.58. The Hall–Kier alpha value is -1.22. The molecule has 92 valence electrons. The molecule has 0 atom stereocenters. The van der Waals surface area contributed by atoms with Crippen LogP contribution in [-0.2, 0) is 0 Å². The minimum Gasteiger partial charge on any atom is -0.397 e. The zero-order valence-corrected chi connectivity index (χ0v) is 11.4. The van der Waals surface area contributed by atoms with Crippen LogP contribution in [0, 0.1) is 0 Å². The van der Waals surface area contributed by atoms with Gasteiger partial charge in [0.25, 0.3) is 0 Å². The van der Waals surface area contributed by atoms with E-state index in [1.807, 2.05) is 0 Å². The molecule has 0 aliphatic carbocycles. The lowest BCUT2D eigenvalue weighted by atomic mass is 10.0. The Morgan fingerprint density at radius 2 is 1.67 bits per heavy atom. The van der Waals surface area contributed by atoms with Crippen LogP contribution in [0.5, 0.6) is 0 Å². The van der Waals surface area contributed by atoms with Crippen molar-refractivity contribution in [1.82, 2.24) is 0 Å². The van der Waals surface area contributed by atoms with E-state index in [9.17, 15) is 4.79 Å². The summed E-state index contributed by atoms with van der Waals surface area (Å²) in [5.74, 6) is -0.242. The highest BCUT2D eigenvalue weighted by atomic mass is 35.5. The number of anilines is 1. The van der Waals surface area contributed by atoms with E-state index >= 15 is 0 Å². The van der Waals surface area contributed by atoms with E-state index in [-0.39, 0.29) is 11.5 Å². The second-order valence-electron chi connectivity index (χ2n) is 3.66. The molecule has 0 unspecified atom stereocenters. The van der Waals surface area contributed by atoms with Crippen molar-refractivity contribution in [3.05, 3.63) is 62.6 Å². The first-order valence-corrected chi connectivity index (χ1v) is 6.18. The van der Waals surface area contributed by atoms with E-state index in [1.165, 1.54) is 6.07 Å². The number of para-hydroxylation sites is 1. The zero-order chi connectivity index (χ0) is 13.3. The van der Waals surface area contributed by atoms with Crippen LogP contribution in [0.15, 0.2) is 36.4 Å². The molecule has 0 aromatic heterocycles. The Labute approximate surface area is 119 Å². The molecule has 2 nitrogen and oxygen atoms in total. The molecule has 0 aliphatic rings. The van der Waals surface area contributed by atoms with Gasteiger partial charge in [0.2, 0.25) is 0 Å². The fourth-order valence-electron chi connectivity index (χ4n) is 1.53. The van der Waals surface area contributed by atoms with Crippen LogP contribution in [0.25, 0.3) is 0 Å². The predicted molar refractivity (Wildman–Crippen MR) is 75.8 cm³/mol. The van der Waals surface area contributed by atoms with Crippen LogP contribution in [0.2, 0.25) is 15.1 Å². The zero-order valence-electron chi connectivity index (χ0n) is 9.08. The number of ketones is 1. The molecule has 18 heavy (non-hydrogen) atoms. The van der Waals surface area contributed by atoms with Crippen molar-refractivity contribution in [2.45, 2.75) is 0 Å². The molecule has 0 heterocycles. The summed E-state index contributed by atoms with van der Waals surface area (Å²) in [5.41, 5.74) is 6.80. The summed E-state index contributed by atoms with van der Waals surface area (Å²) >= 11 is 17.6. The number of carbonyl (C=O) groups is 1. The molecule has 0 bridgehead atoms. The van der Waals surface area contributed by atoms with E-state index in [0.29, 0.717) is 26.2 Å². The van der Waals surface area contributed by atoms with Crippen molar-refractivity contribution in [1.29, 1.82) is 0 Å². The van der Waals surface area contributed by atoms with E-state index < -0.39 is 0 Å². The normalized spacial score (nSPS) is 10.4. The highest BCUT2D eigenvalue weighted by molar-refractivity contribution is 6.42. The van der Waals surface area contributed by atoms with Gasteiger partial charge in [0, 0.05) is 11.1 Å². The minimum atomic E-state index is -0.242. The van der Waals surface area contributed by atoms with Crippen molar-refractivity contribution in [3.8, 4) is 0 Å². The highest BCUT2D eigenvalue weighted by Gasteiger charge is 2.14. The summed E-state index contributed by atoms with van der Waals surface area (Å²) in [6.45, 7) is 0. The molecule has 2 aromatic rings. The van der Waals surface area contributed by atoms with E-state index in [1.54, 1.807) is 30.3 Å². The summed E-state index contributed by atoms with van der Waals surface area (Å²) < 4.78 is 0. The van der Waals surface area contributed by atoms with Crippen molar-refractivity contribution in [2.24, 2.45) is 0 Å². The molecule has 0 aliphatic heterocycles. The van der Waals surface area contributed by atoms with Crippen molar-refractivity contribution in [2.75, 3.05) is 5.73 Å². The molecule has 0 amide bonds. The number of halogens is 3. The molecule has 0 spiro atoms. The number of carbonyl (C=O) groups excluding carboxylic acids is 1. The summed E-state index contributed by atoms with van der Waals surface area (Å²) in [5, 5.41) is 1.07. The molecule has 0 saturated carbocycles.